The molecule has 0 saturated heterocycles. The van der Waals surface area contributed by atoms with E-state index in [1.807, 2.05) is 0 Å². The maximum Gasteiger partial charge on any atom is 0.296 e. The van der Waals surface area contributed by atoms with Crippen LogP contribution in [0.25, 0.3) is 6.08 Å². The largest absolute Gasteiger partial charge is 0.296 e. The summed E-state index contributed by atoms with van der Waals surface area (Å²) in [7, 11) is -14.1. The summed E-state index contributed by atoms with van der Waals surface area (Å²) in [5.74, 6) is 5.16. The van der Waals surface area contributed by atoms with Crippen LogP contribution in [0.1, 0.15) is 22.3 Å². The van der Waals surface area contributed by atoms with Crippen LogP contribution in [0.2, 0.25) is 0 Å². The minimum absolute atomic E-state index is 0.0671. The zero-order valence-electron chi connectivity index (χ0n) is 15.7. The van der Waals surface area contributed by atoms with E-state index in [0.717, 1.165) is 12.1 Å². The van der Waals surface area contributed by atoms with E-state index < -0.39 is 62.9 Å². The number of hydrogen-bond acceptors (Lipinski definition) is 10. The molecule has 32 heavy (non-hydrogen) atoms. The van der Waals surface area contributed by atoms with Crippen molar-refractivity contribution in [3.8, 4) is 0 Å². The standard InChI is InChI=1S/C16H15N3O10S3/c17-19(14-7-11(30(21,22)23)3-4-16(14)32(27,28)29)18-10-2-1-9-5-12(31(24,25)26)8-15(20)13(9)6-10/h1-7,18H,8,17H2,(H,21,22,23)(H,24,25,26)(H,27,28,29). The van der Waals surface area contributed by atoms with Crippen LogP contribution >= 0.6 is 0 Å². The molecule has 0 unspecified atom stereocenters. The molecule has 0 aliphatic heterocycles. The number of nitrogens with zero attached hydrogens (tertiary/aromatic N) is 1. The number of allylic oxidation sites excluding steroid dienone is 1. The molecule has 0 amide bonds. The van der Waals surface area contributed by atoms with Gasteiger partial charge in [0.2, 0.25) is 0 Å². The van der Waals surface area contributed by atoms with E-state index in [9.17, 15) is 39.2 Å². The number of rotatable bonds is 6. The van der Waals surface area contributed by atoms with Gasteiger partial charge >= 0.3 is 0 Å². The molecule has 6 N–H and O–H groups in total. The highest BCUT2D eigenvalue weighted by molar-refractivity contribution is 7.90. The zero-order chi connectivity index (χ0) is 24.1. The van der Waals surface area contributed by atoms with Crippen molar-refractivity contribution in [1.82, 2.24) is 0 Å². The number of ketones is 1. The Morgan fingerprint density at radius 3 is 2.09 bits per heavy atom. The quantitative estimate of drug-likeness (QED) is 0.207. The second-order valence-electron chi connectivity index (χ2n) is 6.55. The van der Waals surface area contributed by atoms with Gasteiger partial charge in [-0.2, -0.15) is 25.3 Å². The van der Waals surface area contributed by atoms with Crippen molar-refractivity contribution in [2.75, 3.05) is 10.5 Å². The third-order valence-electron chi connectivity index (χ3n) is 4.35. The summed E-state index contributed by atoms with van der Waals surface area (Å²) in [6.07, 6.45) is 0.535. The van der Waals surface area contributed by atoms with E-state index in [2.05, 4.69) is 5.43 Å². The fourth-order valence-electron chi connectivity index (χ4n) is 2.90. The van der Waals surface area contributed by atoms with Gasteiger partial charge in [-0.3, -0.25) is 23.9 Å². The number of fused-ring (bicyclic) bond motifs is 1. The van der Waals surface area contributed by atoms with Gasteiger partial charge in [-0.05, 0) is 42.0 Å². The van der Waals surface area contributed by atoms with E-state index in [1.165, 1.54) is 18.2 Å². The van der Waals surface area contributed by atoms with Crippen molar-refractivity contribution >= 4 is 53.6 Å². The number of Topliss-reactive ketones (excluding diaryl/α,β-unsaturated/α-hetero) is 1. The first-order valence-electron chi connectivity index (χ1n) is 8.33. The number of nitrogens with one attached hydrogen (secondary N) is 1. The lowest BCUT2D eigenvalue weighted by molar-refractivity contribution is 0.0992. The lowest BCUT2D eigenvalue weighted by Crippen LogP contribution is -2.38. The number of carbonyl (C=O) groups excluding carboxylic acids is 1. The summed E-state index contributed by atoms with van der Waals surface area (Å²) in [5.41, 5.74) is 2.28. The van der Waals surface area contributed by atoms with Crippen molar-refractivity contribution in [3.05, 3.63) is 52.4 Å². The fourth-order valence-corrected chi connectivity index (χ4v) is 4.65. The van der Waals surface area contributed by atoms with Crippen molar-refractivity contribution < 1.29 is 43.7 Å². The molecule has 0 bridgehead atoms. The smallest absolute Gasteiger partial charge is 0.294 e. The number of anilines is 2. The predicted octanol–water partition coefficient (Wildman–Crippen LogP) is 0.702. The molecule has 1 aliphatic carbocycles. The maximum absolute atomic E-state index is 12.3. The van der Waals surface area contributed by atoms with Crippen LogP contribution in [-0.4, -0.2) is 44.7 Å². The molecule has 2 aromatic carbocycles. The van der Waals surface area contributed by atoms with E-state index in [0.29, 0.717) is 17.3 Å². The molecule has 16 heteroatoms. The van der Waals surface area contributed by atoms with Gasteiger partial charge in [0.15, 0.2) is 5.78 Å². The van der Waals surface area contributed by atoms with Gasteiger partial charge in [0.05, 0.1) is 21.2 Å². The molecule has 2 aromatic rings. The highest BCUT2D eigenvalue weighted by Gasteiger charge is 2.26. The lowest BCUT2D eigenvalue weighted by atomic mass is 9.95. The molecule has 0 saturated carbocycles. The summed E-state index contributed by atoms with van der Waals surface area (Å²) in [4.78, 5) is 10.3. The van der Waals surface area contributed by atoms with Gasteiger partial charge in [0.25, 0.3) is 30.4 Å². The first-order chi connectivity index (χ1) is 14.6. The molecule has 0 atom stereocenters. The van der Waals surface area contributed by atoms with Gasteiger partial charge in [-0.15, -0.1) is 0 Å². The van der Waals surface area contributed by atoms with Crippen molar-refractivity contribution in [1.29, 1.82) is 0 Å². The average molecular weight is 506 g/mol. The van der Waals surface area contributed by atoms with Gasteiger partial charge in [0, 0.05) is 12.0 Å². The molecule has 13 nitrogen and oxygen atoms in total. The molecule has 1 aliphatic rings. The topological polar surface area (TPSA) is 221 Å². The van der Waals surface area contributed by atoms with Crippen LogP contribution in [0.3, 0.4) is 0 Å². The Kier molecular flexibility index (Phi) is 5.89. The van der Waals surface area contributed by atoms with Crippen LogP contribution < -0.4 is 16.4 Å². The van der Waals surface area contributed by atoms with Gasteiger partial charge in [0.1, 0.15) is 4.90 Å². The SMILES string of the molecule is NN(Nc1ccc2c(c1)C(=O)CC(S(=O)(=O)O)=C2)c1cc(S(=O)(=O)O)ccc1S(=O)(=O)O. The Balaban J connectivity index is 2.02. The number of benzene rings is 2. The number of nitrogens with two attached hydrogens (primary N) is 1. The van der Waals surface area contributed by atoms with E-state index in [-0.39, 0.29) is 16.8 Å². The third-order valence-corrected chi connectivity index (χ3v) is 7.03. The van der Waals surface area contributed by atoms with Crippen LogP contribution in [0.4, 0.5) is 11.4 Å². The Morgan fingerprint density at radius 1 is 0.875 bits per heavy atom. The van der Waals surface area contributed by atoms with Crippen LogP contribution in [0.15, 0.2) is 51.1 Å². The van der Waals surface area contributed by atoms with Gasteiger partial charge < -0.3 is 0 Å². The first-order valence-corrected chi connectivity index (χ1v) is 12.7. The molecule has 0 radical (unpaired) electrons. The summed E-state index contributed by atoms with van der Waals surface area (Å²) in [6.45, 7) is 0. The Morgan fingerprint density at radius 2 is 1.53 bits per heavy atom. The summed E-state index contributed by atoms with van der Waals surface area (Å²) >= 11 is 0. The number of carbonyl (C=O) groups is 1. The molecular weight excluding hydrogens is 490 g/mol. The summed E-state index contributed by atoms with van der Waals surface area (Å²) in [5, 5.41) is 0.534. The Labute approximate surface area is 182 Å². The van der Waals surface area contributed by atoms with Gasteiger partial charge in [-0.1, -0.05) is 6.07 Å². The van der Waals surface area contributed by atoms with Crippen molar-refractivity contribution in [2.24, 2.45) is 5.84 Å². The molecule has 172 valence electrons. The number of hydrogen-bond donors (Lipinski definition) is 5. The normalized spacial score (nSPS) is 14.5. The third kappa shape index (κ3) is 4.96. The van der Waals surface area contributed by atoms with Crippen LogP contribution in [-0.2, 0) is 30.4 Å². The van der Waals surface area contributed by atoms with E-state index in [4.69, 9.17) is 10.4 Å². The van der Waals surface area contributed by atoms with Crippen molar-refractivity contribution in [2.45, 2.75) is 16.2 Å². The summed E-state index contributed by atoms with van der Waals surface area (Å²) in [6, 6.07) is 6.06. The highest BCUT2D eigenvalue weighted by Crippen LogP contribution is 2.31. The van der Waals surface area contributed by atoms with Gasteiger partial charge in [-0.25, -0.2) is 11.0 Å². The first kappa shape index (κ1) is 23.8. The second-order valence-corrected chi connectivity index (χ2v) is 10.8. The monoisotopic (exact) mass is 505 g/mol. The molecule has 3 rings (SSSR count). The average Bonchev–Trinajstić information content (AvgIpc) is 2.65. The molecule has 0 aromatic heterocycles. The Hall–Kier alpha value is -2.86. The lowest BCUT2D eigenvalue weighted by Gasteiger charge is -2.24. The molecular formula is C16H15N3O10S3. The number of hydrazine groups is 2. The minimum Gasteiger partial charge on any atom is -0.294 e. The van der Waals surface area contributed by atoms with Crippen LogP contribution in [0.5, 0.6) is 0 Å². The highest BCUT2D eigenvalue weighted by atomic mass is 32.2. The molecule has 0 fully saturated rings. The van der Waals surface area contributed by atoms with Crippen molar-refractivity contribution in [3.63, 3.8) is 0 Å². The second kappa shape index (κ2) is 7.93. The minimum atomic E-state index is -4.86. The summed E-state index contributed by atoms with van der Waals surface area (Å²) < 4.78 is 96.3. The fraction of sp³-hybridized carbons (Fsp3) is 0.0625. The molecule has 0 spiro atoms. The maximum atomic E-state index is 12.3. The Bertz CT molecular complexity index is 1480. The zero-order valence-corrected chi connectivity index (χ0v) is 18.1. The van der Waals surface area contributed by atoms with Crippen LogP contribution in [0, 0.1) is 0 Å². The predicted molar refractivity (Wildman–Crippen MR) is 111 cm³/mol. The molecule has 0 heterocycles. The van der Waals surface area contributed by atoms with E-state index in [1.54, 1.807) is 0 Å². The van der Waals surface area contributed by atoms with E-state index >= 15 is 0 Å².